The minimum absolute atomic E-state index is 0.0873. The maximum atomic E-state index is 13.5. The normalized spacial score (nSPS) is 16.8. The second kappa shape index (κ2) is 11.6. The Kier molecular flexibility index (Phi) is 8.91. The van der Waals surface area contributed by atoms with Crippen molar-refractivity contribution < 1.29 is 14.6 Å². The summed E-state index contributed by atoms with van der Waals surface area (Å²) < 4.78 is 6.14. The number of hydrogen-bond donors (Lipinski definition) is 1. The summed E-state index contributed by atoms with van der Waals surface area (Å²) in [6, 6.07) is 10.2. The Balaban J connectivity index is 1.71. The zero-order valence-electron chi connectivity index (χ0n) is 19.5. The minimum atomic E-state index is -0.464. The number of amides is 1. The van der Waals surface area contributed by atoms with E-state index in [-0.39, 0.29) is 18.0 Å². The minimum Gasteiger partial charge on any atom is -0.491 e. The van der Waals surface area contributed by atoms with Crippen molar-refractivity contribution in [1.29, 1.82) is 0 Å². The van der Waals surface area contributed by atoms with Crippen LogP contribution in [0, 0.1) is 6.92 Å². The van der Waals surface area contributed by atoms with Crippen LogP contribution in [-0.4, -0.2) is 59.2 Å². The molecule has 1 aliphatic rings. The van der Waals surface area contributed by atoms with Crippen LogP contribution in [0.15, 0.2) is 48.4 Å². The van der Waals surface area contributed by atoms with Crippen molar-refractivity contribution >= 4 is 17.2 Å². The van der Waals surface area contributed by atoms with Gasteiger partial charge in [0.1, 0.15) is 12.4 Å². The number of carbonyl (C=O) groups excluding carboxylic acids is 1. The first-order valence-electron chi connectivity index (χ1n) is 11.5. The highest BCUT2D eigenvalue weighted by molar-refractivity contribution is 7.10. The van der Waals surface area contributed by atoms with Crippen molar-refractivity contribution in [2.45, 2.75) is 58.2 Å². The van der Waals surface area contributed by atoms with Gasteiger partial charge in [-0.3, -0.25) is 9.69 Å². The second-order valence-electron chi connectivity index (χ2n) is 8.82. The number of nitrogens with zero attached hydrogens (tertiary/aromatic N) is 2. The smallest absolute Gasteiger partial charge is 0.237 e. The van der Waals surface area contributed by atoms with Crippen molar-refractivity contribution in [3.8, 4) is 5.75 Å². The summed E-state index contributed by atoms with van der Waals surface area (Å²) in [5.74, 6) is 0.915. The van der Waals surface area contributed by atoms with Gasteiger partial charge in [0.2, 0.25) is 5.91 Å². The highest BCUT2D eigenvalue weighted by Crippen LogP contribution is 2.34. The van der Waals surface area contributed by atoms with Crippen LogP contribution < -0.4 is 4.74 Å². The maximum absolute atomic E-state index is 13.5. The molecule has 1 N–H and O–H groups in total. The maximum Gasteiger partial charge on any atom is 0.237 e. The molecule has 6 heteroatoms. The first-order valence-corrected chi connectivity index (χ1v) is 12.3. The lowest BCUT2D eigenvalue weighted by Gasteiger charge is -2.38. The number of benzene rings is 1. The van der Waals surface area contributed by atoms with Gasteiger partial charge in [0.25, 0.3) is 0 Å². The number of thiophene rings is 1. The molecule has 5 nitrogen and oxygen atoms in total. The Morgan fingerprint density at radius 1 is 1.41 bits per heavy atom. The lowest BCUT2D eigenvalue weighted by Crippen LogP contribution is -2.49. The van der Waals surface area contributed by atoms with Crippen LogP contribution in [0.5, 0.6) is 5.75 Å². The fourth-order valence-corrected chi connectivity index (χ4v) is 5.08. The van der Waals surface area contributed by atoms with Gasteiger partial charge in [-0.05, 0) is 74.7 Å². The number of ether oxygens (including phenoxy) is 1. The number of aliphatic hydroxyl groups excluding tert-OH is 1. The molecule has 1 aliphatic heterocycles. The van der Waals surface area contributed by atoms with Gasteiger partial charge in [-0.2, -0.15) is 0 Å². The van der Waals surface area contributed by atoms with Crippen molar-refractivity contribution in [3.63, 3.8) is 0 Å². The molecule has 1 aromatic heterocycles. The van der Waals surface area contributed by atoms with E-state index in [0.29, 0.717) is 32.7 Å². The van der Waals surface area contributed by atoms with Gasteiger partial charge in [0.15, 0.2) is 0 Å². The molecule has 2 aromatic rings. The Labute approximate surface area is 196 Å². The number of aliphatic hydroxyl groups is 1. The summed E-state index contributed by atoms with van der Waals surface area (Å²) in [7, 11) is 0. The van der Waals surface area contributed by atoms with E-state index in [4.69, 9.17) is 4.74 Å². The van der Waals surface area contributed by atoms with E-state index in [1.807, 2.05) is 42.2 Å². The van der Waals surface area contributed by atoms with Crippen LogP contribution in [-0.2, 0) is 11.2 Å². The molecule has 1 aromatic carbocycles. The molecule has 0 bridgehead atoms. The number of carbonyl (C=O) groups is 1. The second-order valence-corrected chi connectivity index (χ2v) is 9.82. The van der Waals surface area contributed by atoms with Crippen LogP contribution in [0.4, 0.5) is 0 Å². The van der Waals surface area contributed by atoms with E-state index in [0.717, 1.165) is 24.2 Å². The average molecular weight is 457 g/mol. The van der Waals surface area contributed by atoms with Crippen LogP contribution >= 0.6 is 11.3 Å². The molecule has 1 amide bonds. The molecule has 3 rings (SSSR count). The van der Waals surface area contributed by atoms with Gasteiger partial charge in [-0.1, -0.05) is 18.2 Å². The Hall–Kier alpha value is -2.15. The van der Waals surface area contributed by atoms with Gasteiger partial charge in [-0.15, -0.1) is 17.9 Å². The molecular formula is C26H36N2O3S. The molecule has 0 aliphatic carbocycles. The largest absolute Gasteiger partial charge is 0.491 e. The van der Waals surface area contributed by atoms with E-state index in [2.05, 4.69) is 36.8 Å². The lowest BCUT2D eigenvalue weighted by atomic mass is 10.00. The lowest BCUT2D eigenvalue weighted by molar-refractivity contribution is -0.137. The van der Waals surface area contributed by atoms with Gasteiger partial charge in [0.05, 0.1) is 18.7 Å². The number of fused-ring (bicyclic) bond motifs is 1. The SMILES string of the molecule is C=CCC[C@@H](O)CN(CC(=O)N1CCc2sccc2[C@H]1COc1cccc(C)c1)C(C)C. The summed E-state index contributed by atoms with van der Waals surface area (Å²) in [6.45, 7) is 11.8. The molecule has 0 spiro atoms. The first-order chi connectivity index (χ1) is 15.4. The molecule has 32 heavy (non-hydrogen) atoms. The van der Waals surface area contributed by atoms with Crippen LogP contribution in [0.3, 0.4) is 0 Å². The third-order valence-corrected chi connectivity index (χ3v) is 7.03. The van der Waals surface area contributed by atoms with E-state index >= 15 is 0 Å². The predicted molar refractivity (Wildman–Crippen MR) is 131 cm³/mol. The molecule has 2 atom stereocenters. The molecule has 0 saturated carbocycles. The van der Waals surface area contributed by atoms with Gasteiger partial charge >= 0.3 is 0 Å². The van der Waals surface area contributed by atoms with E-state index in [1.165, 1.54) is 10.4 Å². The first kappa shape index (κ1) is 24.5. The number of allylic oxidation sites excluding steroid dienone is 1. The molecule has 0 fully saturated rings. The van der Waals surface area contributed by atoms with Crippen LogP contribution in [0.1, 0.15) is 48.7 Å². The molecule has 0 saturated heterocycles. The Morgan fingerprint density at radius 2 is 2.22 bits per heavy atom. The van der Waals surface area contributed by atoms with E-state index in [9.17, 15) is 9.90 Å². The summed E-state index contributed by atoms with van der Waals surface area (Å²) in [5, 5.41) is 12.5. The monoisotopic (exact) mass is 456 g/mol. The van der Waals surface area contributed by atoms with Crippen molar-refractivity contribution in [1.82, 2.24) is 9.80 Å². The molecular weight excluding hydrogens is 420 g/mol. The fourth-order valence-electron chi connectivity index (χ4n) is 4.15. The number of aryl methyl sites for hydroxylation is 1. The fraction of sp³-hybridized carbons (Fsp3) is 0.500. The molecule has 0 unspecified atom stereocenters. The topological polar surface area (TPSA) is 53.0 Å². The zero-order chi connectivity index (χ0) is 23.1. The highest BCUT2D eigenvalue weighted by Gasteiger charge is 2.33. The standard InChI is InChI=1S/C26H36N2O3S/c1-5-6-9-21(29)16-27(19(2)3)17-26(30)28-13-11-25-23(12-14-32-25)24(28)18-31-22-10-7-8-20(4)15-22/h5,7-8,10,12,14-15,19,21,24,29H,1,6,9,11,13,16-18H2,2-4H3/t21-,24-/m1/s1. The third kappa shape index (κ3) is 6.44. The average Bonchev–Trinajstić information content (AvgIpc) is 3.24. The quantitative estimate of drug-likeness (QED) is 0.502. The van der Waals surface area contributed by atoms with Gasteiger partial charge in [-0.25, -0.2) is 0 Å². The third-order valence-electron chi connectivity index (χ3n) is 6.03. The molecule has 2 heterocycles. The van der Waals surface area contributed by atoms with E-state index < -0.39 is 6.10 Å². The predicted octanol–water partition coefficient (Wildman–Crippen LogP) is 4.60. The summed E-state index contributed by atoms with van der Waals surface area (Å²) >= 11 is 1.76. The summed E-state index contributed by atoms with van der Waals surface area (Å²) in [6.07, 6.45) is 3.67. The number of rotatable bonds is 11. The van der Waals surface area contributed by atoms with Crippen molar-refractivity contribution in [2.75, 3.05) is 26.2 Å². The van der Waals surface area contributed by atoms with Crippen LogP contribution in [0.2, 0.25) is 0 Å². The van der Waals surface area contributed by atoms with Gasteiger partial charge in [0, 0.05) is 24.0 Å². The molecule has 174 valence electrons. The molecule has 0 radical (unpaired) electrons. The summed E-state index contributed by atoms with van der Waals surface area (Å²) in [4.78, 5) is 18.8. The summed E-state index contributed by atoms with van der Waals surface area (Å²) in [5.41, 5.74) is 2.35. The number of hydrogen-bond acceptors (Lipinski definition) is 5. The van der Waals surface area contributed by atoms with Crippen LogP contribution in [0.25, 0.3) is 0 Å². The van der Waals surface area contributed by atoms with E-state index in [1.54, 1.807) is 11.3 Å². The van der Waals surface area contributed by atoms with Gasteiger partial charge < -0.3 is 14.7 Å². The highest BCUT2D eigenvalue weighted by atomic mass is 32.1. The van der Waals surface area contributed by atoms with Crippen molar-refractivity contribution in [2.24, 2.45) is 0 Å². The Morgan fingerprint density at radius 3 is 2.94 bits per heavy atom. The zero-order valence-corrected chi connectivity index (χ0v) is 20.3. The van der Waals surface area contributed by atoms with Crippen molar-refractivity contribution in [3.05, 3.63) is 64.4 Å². The Bertz CT molecular complexity index is 895.